The van der Waals surface area contributed by atoms with E-state index in [1.807, 2.05) is 18.2 Å². The molecule has 0 aliphatic carbocycles. The third kappa shape index (κ3) is 3.14. The molecule has 0 amide bonds. The van der Waals surface area contributed by atoms with Crippen LogP contribution in [0.1, 0.15) is 18.5 Å². The number of hydrogen-bond acceptors (Lipinski definition) is 4. The first-order valence-electron chi connectivity index (χ1n) is 7.50. The van der Waals surface area contributed by atoms with Crippen LogP contribution in [-0.4, -0.2) is 18.2 Å². The summed E-state index contributed by atoms with van der Waals surface area (Å²) >= 11 is 0. The summed E-state index contributed by atoms with van der Waals surface area (Å²) in [5, 5.41) is 3.07. The molecule has 1 aromatic heterocycles. The van der Waals surface area contributed by atoms with Gasteiger partial charge in [0, 0.05) is 18.9 Å². The molecule has 0 bridgehead atoms. The number of nitrogens with one attached hydrogen (secondary N) is 1. The van der Waals surface area contributed by atoms with Crippen molar-refractivity contribution < 1.29 is 4.74 Å². The first kappa shape index (κ1) is 14.7. The molecule has 5 nitrogen and oxygen atoms in total. The predicted octanol–water partition coefficient (Wildman–Crippen LogP) is 3.41. The monoisotopic (exact) mass is 298 g/mol. The maximum Gasteiger partial charge on any atom is 0.258 e. The fourth-order valence-corrected chi connectivity index (χ4v) is 2.93. The SMILES string of the molecule is O=Nc1cc(CC2CCOCC2)[nH]c(=O)c1-c1ccccc1. The molecule has 1 aliphatic rings. The molecule has 1 saturated heterocycles. The Kier molecular flexibility index (Phi) is 4.44. The van der Waals surface area contributed by atoms with Crippen molar-refractivity contribution in [1.82, 2.24) is 4.98 Å². The minimum Gasteiger partial charge on any atom is -0.381 e. The lowest BCUT2D eigenvalue weighted by Crippen LogP contribution is -2.20. The molecule has 22 heavy (non-hydrogen) atoms. The Bertz CT molecular complexity index is 704. The van der Waals surface area contributed by atoms with E-state index in [9.17, 15) is 9.70 Å². The van der Waals surface area contributed by atoms with Crippen LogP contribution < -0.4 is 5.56 Å². The summed E-state index contributed by atoms with van der Waals surface area (Å²) in [6.07, 6.45) is 2.70. The summed E-state index contributed by atoms with van der Waals surface area (Å²) in [4.78, 5) is 26.5. The van der Waals surface area contributed by atoms with Crippen molar-refractivity contribution in [2.75, 3.05) is 13.2 Å². The van der Waals surface area contributed by atoms with E-state index in [0.29, 0.717) is 17.0 Å². The molecule has 5 heteroatoms. The van der Waals surface area contributed by atoms with Crippen LogP contribution in [0, 0.1) is 10.8 Å². The fraction of sp³-hybridized carbons (Fsp3) is 0.353. The van der Waals surface area contributed by atoms with E-state index in [1.165, 1.54) is 0 Å². The largest absolute Gasteiger partial charge is 0.381 e. The van der Waals surface area contributed by atoms with Crippen molar-refractivity contribution in [2.45, 2.75) is 19.3 Å². The van der Waals surface area contributed by atoms with Gasteiger partial charge in [-0.2, -0.15) is 0 Å². The van der Waals surface area contributed by atoms with Gasteiger partial charge in [0.15, 0.2) is 0 Å². The van der Waals surface area contributed by atoms with E-state index in [2.05, 4.69) is 10.2 Å². The first-order chi connectivity index (χ1) is 10.8. The van der Waals surface area contributed by atoms with Crippen molar-refractivity contribution >= 4 is 5.69 Å². The molecule has 2 heterocycles. The van der Waals surface area contributed by atoms with Crippen LogP contribution in [-0.2, 0) is 11.2 Å². The van der Waals surface area contributed by atoms with Crippen LogP contribution in [0.4, 0.5) is 5.69 Å². The predicted molar refractivity (Wildman–Crippen MR) is 85.2 cm³/mol. The fourth-order valence-electron chi connectivity index (χ4n) is 2.93. The summed E-state index contributed by atoms with van der Waals surface area (Å²) in [7, 11) is 0. The Labute approximate surface area is 128 Å². The van der Waals surface area contributed by atoms with Crippen molar-refractivity contribution in [3.05, 3.63) is 57.4 Å². The van der Waals surface area contributed by atoms with Gasteiger partial charge < -0.3 is 9.72 Å². The second-order valence-corrected chi connectivity index (χ2v) is 5.60. The van der Waals surface area contributed by atoms with Gasteiger partial charge in [0.2, 0.25) is 0 Å². The van der Waals surface area contributed by atoms with Gasteiger partial charge in [0.1, 0.15) is 5.69 Å². The average molecular weight is 298 g/mol. The quantitative estimate of drug-likeness (QED) is 0.879. The summed E-state index contributed by atoms with van der Waals surface area (Å²) in [6.45, 7) is 1.52. The highest BCUT2D eigenvalue weighted by molar-refractivity contribution is 5.74. The maximum absolute atomic E-state index is 12.4. The van der Waals surface area contributed by atoms with Crippen LogP contribution in [0.2, 0.25) is 0 Å². The second kappa shape index (κ2) is 6.66. The molecule has 0 atom stereocenters. The summed E-state index contributed by atoms with van der Waals surface area (Å²) < 4.78 is 5.34. The van der Waals surface area contributed by atoms with Gasteiger partial charge >= 0.3 is 0 Å². The third-order valence-electron chi connectivity index (χ3n) is 4.08. The number of aromatic nitrogens is 1. The van der Waals surface area contributed by atoms with Gasteiger partial charge in [-0.05, 0) is 42.0 Å². The molecule has 114 valence electrons. The zero-order chi connectivity index (χ0) is 15.4. The maximum atomic E-state index is 12.4. The van der Waals surface area contributed by atoms with E-state index in [-0.39, 0.29) is 11.2 Å². The molecule has 1 fully saturated rings. The standard InChI is InChI=1S/C17H18N2O3/c20-17-16(13-4-2-1-3-5-13)15(19-21)11-14(18-17)10-12-6-8-22-9-7-12/h1-5,11-12H,6-10H2,(H,18,20). The van der Waals surface area contributed by atoms with E-state index >= 15 is 0 Å². The zero-order valence-corrected chi connectivity index (χ0v) is 12.2. The van der Waals surface area contributed by atoms with Gasteiger partial charge in [-0.15, -0.1) is 4.91 Å². The topological polar surface area (TPSA) is 71.5 Å². The van der Waals surface area contributed by atoms with Crippen LogP contribution >= 0.6 is 0 Å². The second-order valence-electron chi connectivity index (χ2n) is 5.60. The Morgan fingerprint density at radius 1 is 1.18 bits per heavy atom. The van der Waals surface area contributed by atoms with Gasteiger partial charge in [0.25, 0.3) is 5.56 Å². The minimum atomic E-state index is -0.259. The highest BCUT2D eigenvalue weighted by Gasteiger charge is 2.17. The van der Waals surface area contributed by atoms with Crippen molar-refractivity contribution in [3.8, 4) is 11.1 Å². The lowest BCUT2D eigenvalue weighted by molar-refractivity contribution is 0.0662. The number of nitroso groups, excluding NO2 is 1. The molecule has 1 aromatic carbocycles. The van der Waals surface area contributed by atoms with Crippen molar-refractivity contribution in [2.24, 2.45) is 11.1 Å². The van der Waals surface area contributed by atoms with Gasteiger partial charge in [-0.1, -0.05) is 30.3 Å². The third-order valence-corrected chi connectivity index (χ3v) is 4.08. The van der Waals surface area contributed by atoms with Crippen LogP contribution in [0.15, 0.2) is 46.4 Å². The molecule has 0 saturated carbocycles. The van der Waals surface area contributed by atoms with E-state index in [4.69, 9.17) is 4.74 Å². The highest BCUT2D eigenvalue weighted by atomic mass is 16.5. The van der Waals surface area contributed by atoms with Crippen molar-refractivity contribution in [3.63, 3.8) is 0 Å². The molecule has 2 aromatic rings. The van der Waals surface area contributed by atoms with Crippen LogP contribution in [0.5, 0.6) is 0 Å². The molecule has 0 spiro atoms. The molecule has 1 N–H and O–H groups in total. The lowest BCUT2D eigenvalue weighted by atomic mass is 9.94. The molecule has 0 radical (unpaired) electrons. The molecule has 1 aliphatic heterocycles. The van der Waals surface area contributed by atoms with Gasteiger partial charge in [-0.3, -0.25) is 4.79 Å². The lowest BCUT2D eigenvalue weighted by Gasteiger charge is -2.21. The summed E-state index contributed by atoms with van der Waals surface area (Å²) in [5.41, 5.74) is 1.76. The van der Waals surface area contributed by atoms with Gasteiger partial charge in [-0.25, -0.2) is 0 Å². The molecular weight excluding hydrogens is 280 g/mol. The Morgan fingerprint density at radius 3 is 2.59 bits per heavy atom. The molecular formula is C17H18N2O3. The zero-order valence-electron chi connectivity index (χ0n) is 12.2. The number of rotatable bonds is 4. The minimum absolute atomic E-state index is 0.206. The summed E-state index contributed by atoms with van der Waals surface area (Å²) in [6, 6.07) is 10.8. The van der Waals surface area contributed by atoms with E-state index in [0.717, 1.165) is 38.2 Å². The number of hydrogen-bond donors (Lipinski definition) is 1. The number of benzene rings is 1. The number of aromatic amines is 1. The van der Waals surface area contributed by atoms with E-state index < -0.39 is 0 Å². The number of pyridine rings is 1. The average Bonchev–Trinajstić information content (AvgIpc) is 2.56. The first-order valence-corrected chi connectivity index (χ1v) is 7.50. The van der Waals surface area contributed by atoms with Crippen LogP contribution in [0.25, 0.3) is 11.1 Å². The van der Waals surface area contributed by atoms with E-state index in [1.54, 1.807) is 18.2 Å². The van der Waals surface area contributed by atoms with Gasteiger partial charge in [0.05, 0.1) is 5.56 Å². The Hall–Kier alpha value is -2.27. The number of ether oxygens (including phenoxy) is 1. The van der Waals surface area contributed by atoms with Crippen LogP contribution in [0.3, 0.4) is 0 Å². The number of nitrogens with zero attached hydrogens (tertiary/aromatic N) is 1. The highest BCUT2D eigenvalue weighted by Crippen LogP contribution is 2.28. The van der Waals surface area contributed by atoms with Crippen molar-refractivity contribution in [1.29, 1.82) is 0 Å². The smallest absolute Gasteiger partial charge is 0.258 e. The summed E-state index contributed by atoms with van der Waals surface area (Å²) in [5.74, 6) is 0.478. The number of H-pyrrole nitrogens is 1. The normalized spacial score (nSPS) is 15.6. The molecule has 0 unspecified atom stereocenters. The Balaban J connectivity index is 1.94. The molecule has 3 rings (SSSR count). The Morgan fingerprint density at radius 2 is 1.91 bits per heavy atom.